The van der Waals surface area contributed by atoms with E-state index in [-0.39, 0.29) is 5.91 Å². The number of piperazine rings is 1. The second-order valence-electron chi connectivity index (χ2n) is 5.31. The highest BCUT2D eigenvalue weighted by Crippen LogP contribution is 2.21. The van der Waals surface area contributed by atoms with Crippen molar-refractivity contribution in [2.24, 2.45) is 0 Å². The molecule has 1 heterocycles. The average molecular weight is 297 g/mol. The molecule has 0 radical (unpaired) electrons. The van der Waals surface area contributed by atoms with Gasteiger partial charge in [0.05, 0.1) is 10.6 Å². The number of amides is 1. The molecule has 0 saturated carbocycles. The third kappa shape index (κ3) is 3.42. The van der Waals surface area contributed by atoms with Crippen molar-refractivity contribution >= 4 is 23.2 Å². The van der Waals surface area contributed by atoms with Gasteiger partial charge in [-0.2, -0.15) is 0 Å². The van der Waals surface area contributed by atoms with Crippen molar-refractivity contribution in [3.05, 3.63) is 28.8 Å². The lowest BCUT2D eigenvalue weighted by molar-refractivity contribution is 0.0882. The molecule has 0 spiro atoms. The van der Waals surface area contributed by atoms with Gasteiger partial charge < -0.3 is 16.0 Å². The fraction of sp³-hybridized carbons (Fsp3) is 0.500. The van der Waals surface area contributed by atoms with Crippen LogP contribution in [0.1, 0.15) is 10.4 Å². The van der Waals surface area contributed by atoms with Gasteiger partial charge in [-0.1, -0.05) is 17.7 Å². The molecule has 20 heavy (non-hydrogen) atoms. The molecule has 1 aromatic carbocycles. The van der Waals surface area contributed by atoms with E-state index in [4.69, 9.17) is 17.3 Å². The number of halogens is 1. The highest BCUT2D eigenvalue weighted by molar-refractivity contribution is 6.34. The number of nitrogen functional groups attached to an aromatic ring is 1. The molecular formula is C14H21ClN4O. The Hall–Kier alpha value is -1.30. The van der Waals surface area contributed by atoms with Gasteiger partial charge >= 0.3 is 0 Å². The number of benzene rings is 1. The van der Waals surface area contributed by atoms with Crippen LogP contribution >= 0.6 is 11.6 Å². The first-order valence-electron chi connectivity index (χ1n) is 6.70. The third-order valence-corrected chi connectivity index (χ3v) is 4.07. The molecule has 110 valence electrons. The van der Waals surface area contributed by atoms with Crippen LogP contribution < -0.4 is 11.1 Å². The number of carbonyl (C=O) groups excluding carboxylic acids is 1. The van der Waals surface area contributed by atoms with Crippen LogP contribution in [0.2, 0.25) is 5.02 Å². The largest absolute Gasteiger partial charge is 0.398 e. The molecule has 3 N–H and O–H groups in total. The SMILES string of the molecule is CN1CCN(C)C(CNC(=O)c2c(N)cccc2Cl)C1. The van der Waals surface area contributed by atoms with Crippen molar-refractivity contribution in [2.45, 2.75) is 6.04 Å². The summed E-state index contributed by atoms with van der Waals surface area (Å²) in [5, 5.41) is 3.32. The first kappa shape index (κ1) is 15.1. The molecule has 1 amide bonds. The highest BCUT2D eigenvalue weighted by atomic mass is 35.5. The third-order valence-electron chi connectivity index (χ3n) is 3.75. The van der Waals surface area contributed by atoms with Gasteiger partial charge in [0.1, 0.15) is 0 Å². The predicted molar refractivity (Wildman–Crippen MR) is 82.1 cm³/mol. The number of likely N-dealkylation sites (N-methyl/N-ethyl adjacent to an activating group) is 2. The van der Waals surface area contributed by atoms with E-state index in [1.807, 2.05) is 0 Å². The Morgan fingerprint density at radius 1 is 1.45 bits per heavy atom. The van der Waals surface area contributed by atoms with E-state index in [9.17, 15) is 4.79 Å². The number of nitrogens with one attached hydrogen (secondary N) is 1. The van der Waals surface area contributed by atoms with Gasteiger partial charge in [-0.25, -0.2) is 0 Å². The predicted octanol–water partition coefficient (Wildman–Crippen LogP) is 0.898. The molecule has 1 saturated heterocycles. The zero-order valence-electron chi connectivity index (χ0n) is 11.9. The maximum Gasteiger partial charge on any atom is 0.254 e. The summed E-state index contributed by atoms with van der Waals surface area (Å²) in [7, 11) is 4.17. The molecule has 5 nitrogen and oxygen atoms in total. The lowest BCUT2D eigenvalue weighted by Gasteiger charge is -2.37. The van der Waals surface area contributed by atoms with Crippen molar-refractivity contribution in [1.29, 1.82) is 0 Å². The summed E-state index contributed by atoms with van der Waals surface area (Å²) in [6.45, 7) is 3.59. The van der Waals surface area contributed by atoms with Crippen molar-refractivity contribution < 1.29 is 4.79 Å². The number of hydrogen-bond donors (Lipinski definition) is 2. The van der Waals surface area contributed by atoms with Gasteiger partial charge in [0.25, 0.3) is 5.91 Å². The Bertz CT molecular complexity index is 474. The number of nitrogens with two attached hydrogens (primary N) is 1. The number of rotatable bonds is 3. The molecule has 6 heteroatoms. The van der Waals surface area contributed by atoms with Crippen molar-refractivity contribution in [3.8, 4) is 0 Å². The zero-order valence-corrected chi connectivity index (χ0v) is 12.7. The second-order valence-corrected chi connectivity index (χ2v) is 5.72. The van der Waals surface area contributed by atoms with Gasteiger partial charge in [-0.15, -0.1) is 0 Å². The summed E-state index contributed by atoms with van der Waals surface area (Å²) >= 11 is 6.04. The van der Waals surface area contributed by atoms with E-state index in [0.717, 1.165) is 19.6 Å². The Kier molecular flexibility index (Phi) is 4.86. The molecule has 0 bridgehead atoms. The molecule has 2 rings (SSSR count). The summed E-state index contributed by atoms with van der Waals surface area (Å²) < 4.78 is 0. The quantitative estimate of drug-likeness (QED) is 0.814. The maximum atomic E-state index is 12.2. The zero-order chi connectivity index (χ0) is 14.7. The van der Waals surface area contributed by atoms with Gasteiger partial charge in [-0.3, -0.25) is 9.69 Å². The molecule has 1 aliphatic heterocycles. The fourth-order valence-electron chi connectivity index (χ4n) is 2.40. The lowest BCUT2D eigenvalue weighted by Crippen LogP contribution is -2.54. The number of hydrogen-bond acceptors (Lipinski definition) is 4. The van der Waals surface area contributed by atoms with Crippen LogP contribution in [0.4, 0.5) is 5.69 Å². The minimum absolute atomic E-state index is 0.213. The minimum atomic E-state index is -0.213. The smallest absolute Gasteiger partial charge is 0.254 e. The van der Waals surface area contributed by atoms with E-state index in [2.05, 4.69) is 29.2 Å². The second kappa shape index (κ2) is 6.43. The Morgan fingerprint density at radius 2 is 2.20 bits per heavy atom. The van der Waals surface area contributed by atoms with Gasteiger partial charge in [0.15, 0.2) is 0 Å². The normalized spacial score (nSPS) is 20.9. The molecule has 1 aromatic rings. The Morgan fingerprint density at radius 3 is 2.90 bits per heavy atom. The van der Waals surface area contributed by atoms with Gasteiger partial charge in [-0.05, 0) is 26.2 Å². The van der Waals surface area contributed by atoms with Crippen molar-refractivity contribution in [2.75, 3.05) is 46.0 Å². The molecule has 1 atom stereocenters. The van der Waals surface area contributed by atoms with Crippen LogP contribution in [-0.4, -0.2) is 62.0 Å². The minimum Gasteiger partial charge on any atom is -0.398 e. The number of carbonyl (C=O) groups is 1. The first-order chi connectivity index (χ1) is 9.49. The summed E-state index contributed by atoms with van der Waals surface area (Å²) in [6, 6.07) is 5.40. The summed E-state index contributed by atoms with van der Waals surface area (Å²) in [5.41, 5.74) is 6.59. The highest BCUT2D eigenvalue weighted by Gasteiger charge is 2.23. The van der Waals surface area contributed by atoms with E-state index in [1.54, 1.807) is 18.2 Å². The molecular weight excluding hydrogens is 276 g/mol. The van der Waals surface area contributed by atoms with E-state index in [0.29, 0.717) is 28.9 Å². The van der Waals surface area contributed by atoms with Crippen LogP contribution in [0.25, 0.3) is 0 Å². The van der Waals surface area contributed by atoms with E-state index in [1.165, 1.54) is 0 Å². The monoisotopic (exact) mass is 296 g/mol. The molecule has 1 fully saturated rings. The maximum absolute atomic E-state index is 12.2. The first-order valence-corrected chi connectivity index (χ1v) is 7.08. The standard InChI is InChI=1S/C14H21ClN4O/c1-18-6-7-19(2)10(9-18)8-17-14(20)13-11(15)4-3-5-12(13)16/h3-5,10H,6-9,16H2,1-2H3,(H,17,20). The van der Waals surface area contributed by atoms with Gasteiger partial charge in [0, 0.05) is 37.9 Å². The fourth-order valence-corrected chi connectivity index (χ4v) is 2.67. The Balaban J connectivity index is 1.98. The van der Waals surface area contributed by atoms with Crippen LogP contribution in [0.3, 0.4) is 0 Å². The van der Waals surface area contributed by atoms with Crippen molar-refractivity contribution in [3.63, 3.8) is 0 Å². The van der Waals surface area contributed by atoms with E-state index < -0.39 is 0 Å². The average Bonchev–Trinajstić information content (AvgIpc) is 2.39. The summed E-state index contributed by atoms with van der Waals surface area (Å²) in [4.78, 5) is 16.7. The molecule has 0 aromatic heterocycles. The topological polar surface area (TPSA) is 61.6 Å². The summed E-state index contributed by atoms with van der Waals surface area (Å²) in [6.07, 6.45) is 0. The van der Waals surface area contributed by atoms with Crippen LogP contribution in [0.5, 0.6) is 0 Å². The number of anilines is 1. The van der Waals surface area contributed by atoms with Crippen LogP contribution in [-0.2, 0) is 0 Å². The molecule has 1 aliphatic rings. The van der Waals surface area contributed by atoms with Crippen molar-refractivity contribution in [1.82, 2.24) is 15.1 Å². The number of nitrogens with zero attached hydrogens (tertiary/aromatic N) is 2. The lowest BCUT2D eigenvalue weighted by atomic mass is 10.1. The molecule has 0 aliphatic carbocycles. The van der Waals surface area contributed by atoms with E-state index >= 15 is 0 Å². The van der Waals surface area contributed by atoms with Crippen LogP contribution in [0.15, 0.2) is 18.2 Å². The molecule has 1 unspecified atom stereocenters. The summed E-state index contributed by atoms with van der Waals surface area (Å²) in [5.74, 6) is -0.213. The van der Waals surface area contributed by atoms with Gasteiger partial charge in [0.2, 0.25) is 0 Å². The van der Waals surface area contributed by atoms with Crippen LogP contribution in [0, 0.1) is 0 Å². The Labute approximate surface area is 124 Å².